The van der Waals surface area contributed by atoms with E-state index in [0.29, 0.717) is 23.4 Å². The third-order valence-electron chi connectivity index (χ3n) is 5.92. The van der Waals surface area contributed by atoms with Crippen molar-refractivity contribution in [1.29, 1.82) is 0 Å². The van der Waals surface area contributed by atoms with Gasteiger partial charge in [0, 0.05) is 42.1 Å². The van der Waals surface area contributed by atoms with Crippen LogP contribution in [-0.2, 0) is 9.59 Å². The van der Waals surface area contributed by atoms with Crippen LogP contribution in [0.1, 0.15) is 68.6 Å². The molecule has 3 amide bonds. The first kappa shape index (κ1) is 25.3. The zero-order chi connectivity index (χ0) is 24.2. The molecule has 0 unspecified atom stereocenters. The van der Waals surface area contributed by atoms with Crippen LogP contribution in [0.2, 0.25) is 0 Å². The first-order chi connectivity index (χ1) is 16.5. The Hall–Kier alpha value is -3.35. The average molecular weight is 465 g/mol. The third-order valence-corrected chi connectivity index (χ3v) is 5.92. The molecule has 1 aliphatic rings. The molecule has 1 fully saturated rings. The number of amides is 3. The smallest absolute Gasteiger partial charge is 0.253 e. The van der Waals surface area contributed by atoms with Crippen LogP contribution >= 0.6 is 0 Å². The van der Waals surface area contributed by atoms with Crippen molar-refractivity contribution in [2.45, 2.75) is 58.3 Å². The lowest BCUT2D eigenvalue weighted by Gasteiger charge is -2.20. The standard InChI is InChI=1S/C27H36N4O3/c1-2-3-6-12-25(32)30-24-11-9-10-23(19-24)28-20-26(33)29-22-15-13-21(14-16-22)27(34)31-17-7-4-5-8-18-31/h9-11,13-16,19,28H,2-8,12,17-18,20H2,1H3,(H,29,33)(H,30,32). The summed E-state index contributed by atoms with van der Waals surface area (Å²) < 4.78 is 0. The van der Waals surface area contributed by atoms with Crippen LogP contribution in [0, 0.1) is 0 Å². The summed E-state index contributed by atoms with van der Waals surface area (Å²) in [6, 6.07) is 14.4. The van der Waals surface area contributed by atoms with Gasteiger partial charge in [0.15, 0.2) is 0 Å². The molecule has 0 atom stereocenters. The second kappa shape index (κ2) is 13.4. The van der Waals surface area contributed by atoms with Crippen molar-refractivity contribution in [2.24, 2.45) is 0 Å². The maximum atomic E-state index is 12.7. The molecule has 3 rings (SSSR count). The first-order valence-electron chi connectivity index (χ1n) is 12.4. The molecule has 0 spiro atoms. The minimum absolute atomic E-state index is 0.00103. The second-order valence-electron chi connectivity index (χ2n) is 8.77. The number of hydrogen-bond acceptors (Lipinski definition) is 4. The fourth-order valence-electron chi connectivity index (χ4n) is 4.01. The fourth-order valence-corrected chi connectivity index (χ4v) is 4.01. The van der Waals surface area contributed by atoms with Gasteiger partial charge in [-0.05, 0) is 61.7 Å². The number of likely N-dealkylation sites (tertiary alicyclic amines) is 1. The van der Waals surface area contributed by atoms with Crippen molar-refractivity contribution >= 4 is 34.8 Å². The lowest BCUT2D eigenvalue weighted by molar-refractivity contribution is -0.116. The van der Waals surface area contributed by atoms with Gasteiger partial charge in [0.05, 0.1) is 6.54 Å². The maximum absolute atomic E-state index is 12.7. The Morgan fingerprint density at radius 3 is 2.18 bits per heavy atom. The highest BCUT2D eigenvalue weighted by Crippen LogP contribution is 2.17. The van der Waals surface area contributed by atoms with Crippen LogP contribution in [0.25, 0.3) is 0 Å². The van der Waals surface area contributed by atoms with E-state index in [-0.39, 0.29) is 24.3 Å². The number of rotatable bonds is 10. The molecule has 0 radical (unpaired) electrons. The zero-order valence-corrected chi connectivity index (χ0v) is 20.1. The van der Waals surface area contributed by atoms with E-state index in [1.54, 1.807) is 24.3 Å². The maximum Gasteiger partial charge on any atom is 0.253 e. The molecule has 0 bridgehead atoms. The SMILES string of the molecule is CCCCCC(=O)Nc1cccc(NCC(=O)Nc2ccc(C(=O)N3CCCCCC3)cc2)c1. The second-order valence-corrected chi connectivity index (χ2v) is 8.77. The summed E-state index contributed by atoms with van der Waals surface area (Å²) in [4.78, 5) is 39.0. The van der Waals surface area contributed by atoms with Crippen LogP contribution < -0.4 is 16.0 Å². The summed E-state index contributed by atoms with van der Waals surface area (Å²) in [5.74, 6) is -0.138. The average Bonchev–Trinajstić information content (AvgIpc) is 3.13. The van der Waals surface area contributed by atoms with Gasteiger partial charge in [-0.3, -0.25) is 14.4 Å². The number of carbonyl (C=O) groups excluding carboxylic acids is 3. The highest BCUT2D eigenvalue weighted by atomic mass is 16.2. The number of nitrogens with zero attached hydrogens (tertiary/aromatic N) is 1. The summed E-state index contributed by atoms with van der Waals surface area (Å²) in [5, 5.41) is 8.83. The molecule has 1 saturated heterocycles. The molecular formula is C27H36N4O3. The molecule has 1 aliphatic heterocycles. The zero-order valence-electron chi connectivity index (χ0n) is 20.1. The molecule has 2 aromatic carbocycles. The highest BCUT2D eigenvalue weighted by molar-refractivity contribution is 5.97. The number of hydrogen-bond donors (Lipinski definition) is 3. The molecule has 34 heavy (non-hydrogen) atoms. The van der Waals surface area contributed by atoms with Crippen molar-refractivity contribution in [3.05, 3.63) is 54.1 Å². The van der Waals surface area contributed by atoms with Gasteiger partial charge in [0.1, 0.15) is 0 Å². The quantitative estimate of drug-likeness (QED) is 0.418. The highest BCUT2D eigenvalue weighted by Gasteiger charge is 2.17. The van der Waals surface area contributed by atoms with E-state index in [9.17, 15) is 14.4 Å². The van der Waals surface area contributed by atoms with Crippen LogP contribution in [0.5, 0.6) is 0 Å². The molecule has 0 aromatic heterocycles. The summed E-state index contributed by atoms with van der Waals surface area (Å²) >= 11 is 0. The van der Waals surface area contributed by atoms with Gasteiger partial charge in [-0.15, -0.1) is 0 Å². The number of carbonyl (C=O) groups is 3. The number of unbranched alkanes of at least 4 members (excludes halogenated alkanes) is 2. The van der Waals surface area contributed by atoms with Gasteiger partial charge in [0.2, 0.25) is 11.8 Å². The Labute approximate surface area is 202 Å². The van der Waals surface area contributed by atoms with Crippen molar-refractivity contribution in [3.8, 4) is 0 Å². The van der Waals surface area contributed by atoms with E-state index >= 15 is 0 Å². The van der Waals surface area contributed by atoms with Crippen LogP contribution in [-0.4, -0.2) is 42.3 Å². The minimum atomic E-state index is -0.194. The molecule has 7 heteroatoms. The van der Waals surface area contributed by atoms with Gasteiger partial charge < -0.3 is 20.9 Å². The van der Waals surface area contributed by atoms with E-state index in [0.717, 1.165) is 50.9 Å². The van der Waals surface area contributed by atoms with Crippen molar-refractivity contribution in [3.63, 3.8) is 0 Å². The number of nitrogens with one attached hydrogen (secondary N) is 3. The van der Waals surface area contributed by atoms with Crippen molar-refractivity contribution in [2.75, 3.05) is 35.6 Å². The molecule has 7 nitrogen and oxygen atoms in total. The summed E-state index contributed by atoms with van der Waals surface area (Å²) in [6.07, 6.45) is 7.99. The molecular weight excluding hydrogens is 428 g/mol. The lowest BCUT2D eigenvalue weighted by atomic mass is 10.1. The molecule has 182 valence electrons. The molecule has 3 N–H and O–H groups in total. The normalized spacial score (nSPS) is 13.6. The van der Waals surface area contributed by atoms with Crippen molar-refractivity contribution < 1.29 is 14.4 Å². The Bertz CT molecular complexity index is 951. The van der Waals surface area contributed by atoms with Gasteiger partial charge in [-0.25, -0.2) is 0 Å². The van der Waals surface area contributed by atoms with Gasteiger partial charge >= 0.3 is 0 Å². The summed E-state index contributed by atoms with van der Waals surface area (Å²) in [6.45, 7) is 3.82. The lowest BCUT2D eigenvalue weighted by Crippen LogP contribution is -2.31. The predicted octanol–water partition coefficient (Wildman–Crippen LogP) is 5.27. The van der Waals surface area contributed by atoms with Gasteiger partial charge in [-0.1, -0.05) is 38.7 Å². The topological polar surface area (TPSA) is 90.5 Å². The first-order valence-corrected chi connectivity index (χ1v) is 12.4. The van der Waals surface area contributed by atoms with E-state index in [2.05, 4.69) is 22.9 Å². The van der Waals surface area contributed by atoms with Gasteiger partial charge in [0.25, 0.3) is 5.91 Å². The Kier molecular flexibility index (Phi) is 9.95. The van der Waals surface area contributed by atoms with Crippen LogP contribution in [0.4, 0.5) is 17.1 Å². The number of anilines is 3. The molecule has 2 aromatic rings. The molecule has 1 heterocycles. The van der Waals surface area contributed by atoms with E-state index in [4.69, 9.17) is 0 Å². The third kappa shape index (κ3) is 8.21. The molecule has 0 saturated carbocycles. The summed E-state index contributed by atoms with van der Waals surface area (Å²) in [5.41, 5.74) is 2.75. The monoisotopic (exact) mass is 464 g/mol. The fraction of sp³-hybridized carbons (Fsp3) is 0.444. The van der Waals surface area contributed by atoms with Crippen LogP contribution in [0.3, 0.4) is 0 Å². The Balaban J connectivity index is 1.46. The summed E-state index contributed by atoms with van der Waals surface area (Å²) in [7, 11) is 0. The Morgan fingerprint density at radius 2 is 1.47 bits per heavy atom. The van der Waals surface area contributed by atoms with E-state index in [1.165, 1.54) is 12.8 Å². The van der Waals surface area contributed by atoms with Crippen molar-refractivity contribution in [1.82, 2.24) is 4.90 Å². The predicted molar refractivity (Wildman–Crippen MR) is 137 cm³/mol. The van der Waals surface area contributed by atoms with E-state index < -0.39 is 0 Å². The van der Waals surface area contributed by atoms with E-state index in [1.807, 2.05) is 29.2 Å². The van der Waals surface area contributed by atoms with Gasteiger partial charge in [-0.2, -0.15) is 0 Å². The molecule has 0 aliphatic carbocycles. The van der Waals surface area contributed by atoms with Crippen LogP contribution in [0.15, 0.2) is 48.5 Å². The largest absolute Gasteiger partial charge is 0.376 e. The number of benzene rings is 2. The Morgan fingerprint density at radius 1 is 0.794 bits per heavy atom. The minimum Gasteiger partial charge on any atom is -0.376 e.